The van der Waals surface area contributed by atoms with Crippen LogP contribution in [0.4, 0.5) is 5.82 Å². The van der Waals surface area contributed by atoms with E-state index in [-0.39, 0.29) is 5.91 Å². The molecule has 2 aliphatic rings. The molecular formula is C14H22N4O. The van der Waals surface area contributed by atoms with Crippen LogP contribution in [0.25, 0.3) is 0 Å². The fraction of sp³-hybridized carbons (Fsp3) is 0.714. The van der Waals surface area contributed by atoms with Gasteiger partial charge in [0.25, 0.3) is 5.91 Å². The van der Waals surface area contributed by atoms with Crippen molar-refractivity contribution in [1.29, 1.82) is 0 Å². The summed E-state index contributed by atoms with van der Waals surface area (Å²) in [5.74, 6) is 2.37. The van der Waals surface area contributed by atoms with Crippen molar-refractivity contribution in [2.45, 2.75) is 39.2 Å². The molecule has 1 N–H and O–H groups in total. The number of hydrogen-bond donors (Lipinski definition) is 1. The predicted octanol–water partition coefficient (Wildman–Crippen LogP) is 1.85. The van der Waals surface area contributed by atoms with Crippen LogP contribution >= 0.6 is 0 Å². The van der Waals surface area contributed by atoms with Gasteiger partial charge in [0.15, 0.2) is 11.5 Å². The van der Waals surface area contributed by atoms with Crippen molar-refractivity contribution in [3.8, 4) is 0 Å². The molecule has 1 fully saturated rings. The zero-order valence-electron chi connectivity index (χ0n) is 11.7. The van der Waals surface area contributed by atoms with Crippen molar-refractivity contribution in [2.75, 3.05) is 18.6 Å². The number of amides is 1. The number of aromatic nitrogens is 2. The molecule has 1 aromatic heterocycles. The summed E-state index contributed by atoms with van der Waals surface area (Å²) in [5, 5.41) is 2.88. The van der Waals surface area contributed by atoms with E-state index in [0.717, 1.165) is 24.0 Å². The number of nitrogens with zero attached hydrogens (tertiary/aromatic N) is 3. The first-order chi connectivity index (χ1) is 9.15. The quantitative estimate of drug-likeness (QED) is 0.885. The molecule has 0 atom stereocenters. The molecular weight excluding hydrogens is 240 g/mol. The Kier molecular flexibility index (Phi) is 3.21. The van der Waals surface area contributed by atoms with Crippen molar-refractivity contribution < 1.29 is 4.79 Å². The van der Waals surface area contributed by atoms with Crippen LogP contribution < -0.4 is 10.2 Å². The third-order valence-corrected chi connectivity index (χ3v) is 4.46. The van der Waals surface area contributed by atoms with Crippen LogP contribution in [0, 0.1) is 11.8 Å². The van der Waals surface area contributed by atoms with Gasteiger partial charge in [0.05, 0.1) is 13.0 Å². The minimum Gasteiger partial charge on any atom is -0.340 e. The summed E-state index contributed by atoms with van der Waals surface area (Å²) in [5.41, 5.74) is 0.729. The molecule has 0 radical (unpaired) electrons. The maximum Gasteiger partial charge on any atom is 0.273 e. The van der Waals surface area contributed by atoms with E-state index in [4.69, 9.17) is 0 Å². The molecule has 3 rings (SSSR count). The first-order valence-electron chi connectivity index (χ1n) is 7.19. The van der Waals surface area contributed by atoms with Crippen LogP contribution in [0.3, 0.4) is 0 Å². The molecule has 1 aromatic rings. The Morgan fingerprint density at radius 2 is 2.11 bits per heavy atom. The molecule has 0 aromatic carbocycles. The monoisotopic (exact) mass is 262 g/mol. The fourth-order valence-corrected chi connectivity index (χ4v) is 3.16. The van der Waals surface area contributed by atoms with E-state index in [1.54, 1.807) is 0 Å². The minimum atomic E-state index is 0.00905. The largest absolute Gasteiger partial charge is 0.340 e. The minimum absolute atomic E-state index is 0.00905. The van der Waals surface area contributed by atoms with Crippen LogP contribution in [0.15, 0.2) is 6.33 Å². The Bertz CT molecular complexity index is 474. The summed E-state index contributed by atoms with van der Waals surface area (Å²) in [4.78, 5) is 18.4. The Hall–Kier alpha value is -1.52. The second kappa shape index (κ2) is 4.87. The van der Waals surface area contributed by atoms with E-state index < -0.39 is 0 Å². The van der Waals surface area contributed by atoms with Gasteiger partial charge in [-0.2, -0.15) is 0 Å². The van der Waals surface area contributed by atoms with Gasteiger partial charge in [-0.25, -0.2) is 4.98 Å². The van der Waals surface area contributed by atoms with Crippen molar-refractivity contribution in [3.63, 3.8) is 0 Å². The summed E-state index contributed by atoms with van der Waals surface area (Å²) < 4.78 is 2.04. The predicted molar refractivity (Wildman–Crippen MR) is 74.1 cm³/mol. The number of anilines is 1. The van der Waals surface area contributed by atoms with Crippen LogP contribution in [-0.2, 0) is 6.54 Å². The van der Waals surface area contributed by atoms with Crippen LogP contribution in [0.5, 0.6) is 0 Å². The highest BCUT2D eigenvalue weighted by Crippen LogP contribution is 2.30. The molecule has 2 heterocycles. The third kappa shape index (κ3) is 2.33. The van der Waals surface area contributed by atoms with Gasteiger partial charge in [-0.05, 0) is 24.7 Å². The highest BCUT2D eigenvalue weighted by atomic mass is 16.2. The average molecular weight is 262 g/mol. The van der Waals surface area contributed by atoms with E-state index in [2.05, 4.69) is 17.2 Å². The molecule has 104 valence electrons. The molecule has 19 heavy (non-hydrogen) atoms. The van der Waals surface area contributed by atoms with Crippen molar-refractivity contribution in [1.82, 2.24) is 14.9 Å². The standard InChI is InChI=1S/C14H22N4O/c1-10-3-5-11(6-4-10)7-18-9-15-13-12(18)14(19)16-8-17(13)2/h9-11H,3-8H2,1-2H3,(H,16,19)/t10-,11-. The lowest BCUT2D eigenvalue weighted by atomic mass is 9.83. The number of carbonyl (C=O) groups excluding carboxylic acids is 1. The van der Waals surface area contributed by atoms with E-state index in [1.807, 2.05) is 22.8 Å². The second-order valence-electron chi connectivity index (χ2n) is 6.06. The Balaban J connectivity index is 1.77. The van der Waals surface area contributed by atoms with E-state index >= 15 is 0 Å². The van der Waals surface area contributed by atoms with Crippen molar-refractivity contribution in [3.05, 3.63) is 12.0 Å². The molecule has 0 unspecified atom stereocenters. The van der Waals surface area contributed by atoms with Gasteiger partial charge in [-0.15, -0.1) is 0 Å². The summed E-state index contributed by atoms with van der Waals surface area (Å²) in [7, 11) is 1.96. The van der Waals surface area contributed by atoms with E-state index in [0.29, 0.717) is 12.6 Å². The van der Waals surface area contributed by atoms with Crippen LogP contribution in [0.1, 0.15) is 43.1 Å². The van der Waals surface area contributed by atoms with Crippen molar-refractivity contribution in [2.24, 2.45) is 11.8 Å². The molecule has 1 aliphatic heterocycles. The lowest BCUT2D eigenvalue weighted by molar-refractivity contribution is 0.0936. The number of rotatable bonds is 2. The summed E-state index contributed by atoms with van der Waals surface area (Å²) in [6, 6.07) is 0. The third-order valence-electron chi connectivity index (χ3n) is 4.46. The maximum atomic E-state index is 12.0. The summed E-state index contributed by atoms with van der Waals surface area (Å²) >= 11 is 0. The van der Waals surface area contributed by atoms with E-state index in [1.165, 1.54) is 25.7 Å². The molecule has 1 amide bonds. The zero-order chi connectivity index (χ0) is 13.4. The van der Waals surface area contributed by atoms with Crippen molar-refractivity contribution >= 4 is 11.7 Å². The smallest absolute Gasteiger partial charge is 0.273 e. The SMILES string of the molecule is CN1CNC(=O)c2c1ncn2C[C@H]1CC[C@H](C)CC1. The van der Waals surface area contributed by atoms with Gasteiger partial charge in [-0.1, -0.05) is 19.8 Å². The van der Waals surface area contributed by atoms with Gasteiger partial charge >= 0.3 is 0 Å². The summed E-state index contributed by atoms with van der Waals surface area (Å²) in [6.07, 6.45) is 6.99. The van der Waals surface area contributed by atoms with Crippen LogP contribution in [0.2, 0.25) is 0 Å². The van der Waals surface area contributed by atoms with Gasteiger partial charge in [0.1, 0.15) is 0 Å². The second-order valence-corrected chi connectivity index (χ2v) is 6.06. The number of nitrogens with one attached hydrogen (secondary N) is 1. The topological polar surface area (TPSA) is 50.2 Å². The Morgan fingerprint density at radius 1 is 1.37 bits per heavy atom. The Labute approximate surface area is 114 Å². The lowest BCUT2D eigenvalue weighted by Crippen LogP contribution is -2.42. The van der Waals surface area contributed by atoms with Gasteiger partial charge in [-0.3, -0.25) is 4.79 Å². The number of carbonyl (C=O) groups is 1. The van der Waals surface area contributed by atoms with Gasteiger partial charge < -0.3 is 14.8 Å². The normalized spacial score (nSPS) is 27.1. The molecule has 0 spiro atoms. The maximum absolute atomic E-state index is 12.0. The fourth-order valence-electron chi connectivity index (χ4n) is 3.16. The molecule has 5 nitrogen and oxygen atoms in total. The number of imidazole rings is 1. The molecule has 1 saturated carbocycles. The van der Waals surface area contributed by atoms with Gasteiger partial charge in [0.2, 0.25) is 0 Å². The van der Waals surface area contributed by atoms with Gasteiger partial charge in [0, 0.05) is 13.6 Å². The first-order valence-corrected chi connectivity index (χ1v) is 7.19. The highest BCUT2D eigenvalue weighted by molar-refractivity contribution is 5.99. The molecule has 0 bridgehead atoms. The first kappa shape index (κ1) is 12.5. The molecule has 0 saturated heterocycles. The lowest BCUT2D eigenvalue weighted by Gasteiger charge is -2.28. The average Bonchev–Trinajstić information content (AvgIpc) is 2.82. The summed E-state index contributed by atoms with van der Waals surface area (Å²) in [6.45, 7) is 3.80. The van der Waals surface area contributed by atoms with E-state index in [9.17, 15) is 4.79 Å². The highest BCUT2D eigenvalue weighted by Gasteiger charge is 2.27. The van der Waals surface area contributed by atoms with Crippen LogP contribution in [-0.4, -0.2) is 29.2 Å². The zero-order valence-corrected chi connectivity index (χ0v) is 11.7. The number of hydrogen-bond acceptors (Lipinski definition) is 3. The Morgan fingerprint density at radius 3 is 2.84 bits per heavy atom. The molecule has 1 aliphatic carbocycles. The molecule has 5 heteroatoms. The number of fused-ring (bicyclic) bond motifs is 1.